The van der Waals surface area contributed by atoms with Gasteiger partial charge in [0.25, 0.3) is 0 Å². The fraction of sp³-hybridized carbons (Fsp3) is 0.0263. The van der Waals surface area contributed by atoms with E-state index in [9.17, 15) is 5.26 Å². The molecule has 1 heterocycles. The highest BCUT2D eigenvalue weighted by atomic mass is 15.2. The quantitative estimate of drug-likeness (QED) is 0.239. The molecule has 0 aromatic heterocycles. The van der Waals surface area contributed by atoms with Gasteiger partial charge in [-0.15, -0.1) is 0 Å². The van der Waals surface area contributed by atoms with E-state index in [1.165, 1.54) is 5.39 Å². The lowest BCUT2D eigenvalue weighted by molar-refractivity contribution is 0.756. The van der Waals surface area contributed by atoms with Crippen LogP contribution in [-0.4, -0.2) is 11.7 Å². The maximum atomic E-state index is 9.25. The average Bonchev–Trinajstić information content (AvgIpc) is 3.08. The highest BCUT2D eigenvalue weighted by molar-refractivity contribution is 6.16. The number of fused-ring (bicyclic) bond motifs is 1. The van der Waals surface area contributed by atoms with Crippen LogP contribution in [-0.2, 0) is 0 Å². The Kier molecular flexibility index (Phi) is 6.60. The Balaban J connectivity index is 1.23. The van der Waals surface area contributed by atoms with Crippen LogP contribution in [0.4, 0.5) is 0 Å². The summed E-state index contributed by atoms with van der Waals surface area (Å²) in [6.07, 6.45) is -0.327. The third kappa shape index (κ3) is 5.08. The van der Waals surface area contributed by atoms with Gasteiger partial charge in [-0.3, -0.25) is 0 Å². The lowest BCUT2D eigenvalue weighted by Gasteiger charge is -2.22. The van der Waals surface area contributed by atoms with Crippen LogP contribution in [0.2, 0.25) is 0 Å². The Morgan fingerprint density at radius 3 is 1.71 bits per heavy atom. The number of rotatable bonds is 5. The summed E-state index contributed by atoms with van der Waals surface area (Å²) in [5.41, 5.74) is 8.16. The molecule has 6 aromatic carbocycles. The van der Waals surface area contributed by atoms with E-state index in [1.54, 1.807) is 0 Å². The summed E-state index contributed by atoms with van der Waals surface area (Å²) >= 11 is 0. The van der Waals surface area contributed by atoms with E-state index in [2.05, 4.69) is 96.3 Å². The van der Waals surface area contributed by atoms with E-state index in [0.29, 0.717) is 5.56 Å². The molecular weight excluding hydrogens is 512 g/mol. The number of hydrogen-bond donors (Lipinski definition) is 1. The zero-order valence-electron chi connectivity index (χ0n) is 22.8. The summed E-state index contributed by atoms with van der Waals surface area (Å²) in [5.74, 6) is 1.61. The third-order valence-corrected chi connectivity index (χ3v) is 7.54. The zero-order chi connectivity index (χ0) is 28.3. The minimum Gasteiger partial charge on any atom is -0.324 e. The number of nitrogens with one attached hydrogen (secondary N) is 1. The molecule has 0 aliphatic carbocycles. The molecule has 42 heavy (non-hydrogen) atoms. The van der Waals surface area contributed by atoms with E-state index < -0.39 is 0 Å². The number of benzene rings is 6. The molecule has 0 fully saturated rings. The standard InChI is InChI=1S/C38H26N4/c39-25-26-8-7-13-32(22-26)27-14-16-28(17-15-27)33-20-18-29-19-21-34(24-35(29)23-33)38-41-36(30-9-3-1-4-10-30)40-37(42-38)31-11-5-2-6-12-31/h1-24,36H,(H,40,41,42). The molecule has 0 saturated heterocycles. The van der Waals surface area contributed by atoms with E-state index >= 15 is 0 Å². The third-order valence-electron chi connectivity index (χ3n) is 7.54. The van der Waals surface area contributed by atoms with Gasteiger partial charge in [-0.25, -0.2) is 9.98 Å². The average molecular weight is 539 g/mol. The summed E-state index contributed by atoms with van der Waals surface area (Å²) < 4.78 is 0. The van der Waals surface area contributed by atoms with Crippen molar-refractivity contribution in [3.05, 3.63) is 168 Å². The number of nitrogens with zero attached hydrogens (tertiary/aromatic N) is 3. The van der Waals surface area contributed by atoms with Gasteiger partial charge in [-0.05, 0) is 62.9 Å². The van der Waals surface area contributed by atoms with Crippen LogP contribution >= 0.6 is 0 Å². The monoisotopic (exact) mass is 538 g/mol. The molecule has 7 rings (SSSR count). The smallest absolute Gasteiger partial charge is 0.169 e. The second-order valence-electron chi connectivity index (χ2n) is 10.3. The maximum absolute atomic E-state index is 9.25. The van der Waals surface area contributed by atoms with Crippen molar-refractivity contribution in [1.29, 1.82) is 5.26 Å². The first-order chi connectivity index (χ1) is 20.7. The molecule has 0 saturated carbocycles. The first kappa shape index (κ1) is 25.2. The van der Waals surface area contributed by atoms with Gasteiger partial charge >= 0.3 is 0 Å². The van der Waals surface area contributed by atoms with Gasteiger partial charge in [-0.1, -0.05) is 121 Å². The summed E-state index contributed by atoms with van der Waals surface area (Å²) in [7, 11) is 0. The van der Waals surface area contributed by atoms with Crippen LogP contribution < -0.4 is 5.32 Å². The number of aliphatic imine (C=N–C) groups is 2. The second-order valence-corrected chi connectivity index (χ2v) is 10.3. The molecule has 0 radical (unpaired) electrons. The lowest BCUT2D eigenvalue weighted by Crippen LogP contribution is -2.36. The topological polar surface area (TPSA) is 60.5 Å². The molecule has 4 nitrogen and oxygen atoms in total. The van der Waals surface area contributed by atoms with Crippen molar-refractivity contribution in [2.45, 2.75) is 6.17 Å². The molecule has 0 bridgehead atoms. The first-order valence-electron chi connectivity index (χ1n) is 13.9. The molecule has 1 aliphatic heterocycles. The van der Waals surface area contributed by atoms with Crippen molar-refractivity contribution in [3.8, 4) is 28.3 Å². The van der Waals surface area contributed by atoms with Crippen LogP contribution in [0.5, 0.6) is 0 Å². The van der Waals surface area contributed by atoms with Crippen LogP contribution in [0.1, 0.15) is 28.4 Å². The van der Waals surface area contributed by atoms with Gasteiger partial charge in [-0.2, -0.15) is 5.26 Å². The van der Waals surface area contributed by atoms with Crippen LogP contribution in [0.15, 0.2) is 156 Å². The van der Waals surface area contributed by atoms with Crippen LogP contribution in [0, 0.1) is 11.3 Å². The molecule has 0 spiro atoms. The predicted octanol–water partition coefficient (Wildman–Crippen LogP) is 8.54. The number of amidine groups is 2. The van der Waals surface area contributed by atoms with Crippen LogP contribution in [0.3, 0.4) is 0 Å². The molecule has 4 heteroatoms. The Bertz CT molecular complexity index is 2000. The van der Waals surface area contributed by atoms with Gasteiger partial charge in [0.15, 0.2) is 6.17 Å². The SMILES string of the molecule is N#Cc1cccc(-c2ccc(-c3ccc4ccc(C5=NC(c6ccccc6)N=C(c6ccccc6)N5)cc4c3)cc2)c1. The number of nitriles is 1. The Hall–Kier alpha value is -5.79. The highest BCUT2D eigenvalue weighted by Gasteiger charge is 2.20. The fourth-order valence-electron chi connectivity index (χ4n) is 5.31. The Labute approximate surface area is 245 Å². The van der Waals surface area contributed by atoms with E-state index in [4.69, 9.17) is 9.98 Å². The largest absolute Gasteiger partial charge is 0.324 e. The normalized spacial score (nSPS) is 14.4. The van der Waals surface area contributed by atoms with Crippen molar-refractivity contribution in [1.82, 2.24) is 5.32 Å². The van der Waals surface area contributed by atoms with Crippen molar-refractivity contribution in [3.63, 3.8) is 0 Å². The van der Waals surface area contributed by atoms with E-state index in [-0.39, 0.29) is 6.17 Å². The van der Waals surface area contributed by atoms with Crippen molar-refractivity contribution >= 4 is 22.4 Å². The molecule has 1 unspecified atom stereocenters. The van der Waals surface area contributed by atoms with Crippen LogP contribution in [0.25, 0.3) is 33.0 Å². The molecule has 198 valence electrons. The predicted molar refractivity (Wildman–Crippen MR) is 171 cm³/mol. The second kappa shape index (κ2) is 11.0. The summed E-state index contributed by atoms with van der Waals surface area (Å²) in [6, 6.07) is 51.8. The van der Waals surface area contributed by atoms with Gasteiger partial charge < -0.3 is 5.32 Å². The van der Waals surface area contributed by atoms with Gasteiger partial charge in [0.05, 0.1) is 11.6 Å². The molecule has 1 atom stereocenters. The molecule has 6 aromatic rings. The number of hydrogen-bond acceptors (Lipinski definition) is 4. The Morgan fingerprint density at radius 1 is 0.476 bits per heavy atom. The minimum atomic E-state index is -0.327. The zero-order valence-corrected chi connectivity index (χ0v) is 22.8. The van der Waals surface area contributed by atoms with E-state index in [0.717, 1.165) is 56.0 Å². The highest BCUT2D eigenvalue weighted by Crippen LogP contribution is 2.29. The Morgan fingerprint density at radius 2 is 1.02 bits per heavy atom. The van der Waals surface area contributed by atoms with Crippen molar-refractivity contribution in [2.75, 3.05) is 0 Å². The molecule has 1 aliphatic rings. The van der Waals surface area contributed by atoms with Gasteiger partial charge in [0.2, 0.25) is 0 Å². The lowest BCUT2D eigenvalue weighted by atomic mass is 9.97. The van der Waals surface area contributed by atoms with Crippen molar-refractivity contribution < 1.29 is 0 Å². The molecule has 1 N–H and O–H groups in total. The minimum absolute atomic E-state index is 0.327. The molecule has 0 amide bonds. The summed E-state index contributed by atoms with van der Waals surface area (Å²) in [5, 5.41) is 15.1. The molecular formula is C38H26N4. The van der Waals surface area contributed by atoms with Gasteiger partial charge in [0.1, 0.15) is 11.7 Å². The van der Waals surface area contributed by atoms with Crippen molar-refractivity contribution in [2.24, 2.45) is 9.98 Å². The maximum Gasteiger partial charge on any atom is 0.169 e. The summed E-state index contributed by atoms with van der Waals surface area (Å²) in [4.78, 5) is 9.99. The van der Waals surface area contributed by atoms with E-state index in [1.807, 2.05) is 60.7 Å². The summed E-state index contributed by atoms with van der Waals surface area (Å²) in [6.45, 7) is 0. The fourth-order valence-corrected chi connectivity index (χ4v) is 5.31. The first-order valence-corrected chi connectivity index (χ1v) is 13.9. The van der Waals surface area contributed by atoms with Gasteiger partial charge in [0, 0.05) is 11.1 Å².